The first-order valence-corrected chi connectivity index (χ1v) is 9.58. The molecule has 128 valence electrons. The molecule has 0 unspecified atom stereocenters. The number of alkyl halides is 3. The summed E-state index contributed by atoms with van der Waals surface area (Å²) in [4.78, 5) is 11.7. The molecule has 1 heterocycles. The van der Waals surface area contributed by atoms with Gasteiger partial charge in [-0.25, -0.2) is 12.8 Å². The van der Waals surface area contributed by atoms with Crippen LogP contribution in [0.25, 0.3) is 0 Å². The number of amides is 1. The number of nitrogens with one attached hydrogen (secondary N) is 2. The number of sulfone groups is 1. The Morgan fingerprint density at radius 3 is 2.52 bits per heavy atom. The molecule has 1 aromatic carbocycles. The summed E-state index contributed by atoms with van der Waals surface area (Å²) in [6, 6.07) is 4.63. The fourth-order valence-corrected chi connectivity index (χ4v) is 4.40. The molecule has 10 heteroatoms. The standard InChI is InChI=1S/C13H14Cl3FN2O3S/c14-13(15,16)12(20)19-11-7-23(21,22)6-10(11)18-5-8-2-1-3-9(17)4-8/h1-4,10-11,18H,5-7H2,(H,19,20)/t10-,11+/m1/s1. The lowest BCUT2D eigenvalue weighted by molar-refractivity contribution is -0.120. The Bertz CT molecular complexity index is 694. The Kier molecular flexibility index (Phi) is 5.79. The summed E-state index contributed by atoms with van der Waals surface area (Å²) >= 11 is 16.4. The van der Waals surface area contributed by atoms with Crippen LogP contribution in [0.3, 0.4) is 0 Å². The minimum Gasteiger partial charge on any atom is -0.347 e. The molecule has 2 N–H and O–H groups in total. The normalized spacial score (nSPS) is 23.7. The van der Waals surface area contributed by atoms with Gasteiger partial charge in [-0.2, -0.15) is 0 Å². The molecule has 0 radical (unpaired) electrons. The van der Waals surface area contributed by atoms with E-state index in [1.807, 2.05) is 0 Å². The highest BCUT2D eigenvalue weighted by atomic mass is 35.6. The molecule has 1 aliphatic rings. The van der Waals surface area contributed by atoms with Crippen molar-refractivity contribution in [2.24, 2.45) is 0 Å². The molecule has 0 aromatic heterocycles. The molecule has 1 aromatic rings. The van der Waals surface area contributed by atoms with Gasteiger partial charge in [0.25, 0.3) is 9.70 Å². The second-order valence-electron chi connectivity index (χ2n) is 5.27. The van der Waals surface area contributed by atoms with Crippen LogP contribution in [0.4, 0.5) is 4.39 Å². The first-order chi connectivity index (χ1) is 10.6. The third-order valence-electron chi connectivity index (χ3n) is 3.38. The van der Waals surface area contributed by atoms with Crippen molar-refractivity contribution >= 4 is 50.5 Å². The van der Waals surface area contributed by atoms with Crippen LogP contribution < -0.4 is 10.6 Å². The van der Waals surface area contributed by atoms with Crippen LogP contribution in [0, 0.1) is 5.82 Å². The van der Waals surface area contributed by atoms with Crippen molar-refractivity contribution in [1.29, 1.82) is 0 Å². The molecule has 0 aliphatic carbocycles. The molecule has 5 nitrogen and oxygen atoms in total. The molecule has 1 aliphatic heterocycles. The zero-order chi connectivity index (χ0) is 17.3. The maximum atomic E-state index is 13.1. The Morgan fingerprint density at radius 1 is 1.26 bits per heavy atom. The van der Waals surface area contributed by atoms with Crippen LogP contribution in [0.1, 0.15) is 5.56 Å². The predicted octanol–water partition coefficient (Wildman–Crippen LogP) is 1.57. The van der Waals surface area contributed by atoms with Gasteiger partial charge in [-0.15, -0.1) is 0 Å². The zero-order valence-corrected chi connectivity index (χ0v) is 14.8. The van der Waals surface area contributed by atoms with Gasteiger partial charge in [-0.1, -0.05) is 46.9 Å². The van der Waals surface area contributed by atoms with Gasteiger partial charge in [0.05, 0.1) is 17.5 Å². The Labute approximate surface area is 148 Å². The van der Waals surface area contributed by atoms with Gasteiger partial charge < -0.3 is 10.6 Å². The Hall–Kier alpha value is -0.600. The van der Waals surface area contributed by atoms with Crippen molar-refractivity contribution in [3.05, 3.63) is 35.6 Å². The van der Waals surface area contributed by atoms with Gasteiger partial charge in [0.15, 0.2) is 9.84 Å². The lowest BCUT2D eigenvalue weighted by atomic mass is 10.1. The van der Waals surface area contributed by atoms with E-state index in [1.165, 1.54) is 12.1 Å². The van der Waals surface area contributed by atoms with Crippen LogP contribution in [0.5, 0.6) is 0 Å². The molecule has 1 fully saturated rings. The minimum absolute atomic E-state index is 0.160. The zero-order valence-electron chi connectivity index (χ0n) is 11.7. The molecular weight excluding hydrogens is 390 g/mol. The van der Waals surface area contributed by atoms with Crippen molar-refractivity contribution in [3.63, 3.8) is 0 Å². The third-order valence-corrected chi connectivity index (χ3v) is 5.63. The van der Waals surface area contributed by atoms with Crippen LogP contribution in [0.15, 0.2) is 24.3 Å². The molecule has 1 saturated heterocycles. The summed E-state index contributed by atoms with van der Waals surface area (Å²) in [6.07, 6.45) is 0. The first kappa shape index (κ1) is 18.7. The smallest absolute Gasteiger partial charge is 0.272 e. The van der Waals surface area contributed by atoms with Crippen molar-refractivity contribution in [2.45, 2.75) is 22.4 Å². The van der Waals surface area contributed by atoms with E-state index in [9.17, 15) is 17.6 Å². The highest BCUT2D eigenvalue weighted by Crippen LogP contribution is 2.27. The molecule has 0 bridgehead atoms. The lowest BCUT2D eigenvalue weighted by Crippen LogP contribution is -2.51. The van der Waals surface area contributed by atoms with Gasteiger partial charge in [-0.05, 0) is 17.7 Å². The van der Waals surface area contributed by atoms with Gasteiger partial charge in [-0.3, -0.25) is 4.79 Å². The Balaban J connectivity index is 2.04. The van der Waals surface area contributed by atoms with E-state index in [1.54, 1.807) is 12.1 Å². The van der Waals surface area contributed by atoms with Crippen LogP contribution >= 0.6 is 34.8 Å². The molecule has 23 heavy (non-hydrogen) atoms. The topological polar surface area (TPSA) is 75.3 Å². The number of hydrogen-bond acceptors (Lipinski definition) is 4. The Morgan fingerprint density at radius 2 is 1.91 bits per heavy atom. The summed E-state index contributed by atoms with van der Waals surface area (Å²) < 4.78 is 34.6. The van der Waals surface area contributed by atoms with Crippen LogP contribution in [-0.4, -0.2) is 41.7 Å². The fraction of sp³-hybridized carbons (Fsp3) is 0.462. The summed E-state index contributed by atoms with van der Waals surface area (Å²) in [5.74, 6) is -1.68. The summed E-state index contributed by atoms with van der Waals surface area (Å²) in [7, 11) is -3.33. The SMILES string of the molecule is O=C(N[C@H]1CS(=O)(=O)C[C@H]1NCc1cccc(F)c1)C(Cl)(Cl)Cl. The first-order valence-electron chi connectivity index (χ1n) is 6.63. The molecule has 2 atom stereocenters. The van der Waals surface area contributed by atoms with Gasteiger partial charge in [0.2, 0.25) is 0 Å². The fourth-order valence-electron chi connectivity index (χ4n) is 2.34. The van der Waals surface area contributed by atoms with Crippen molar-refractivity contribution in [2.75, 3.05) is 11.5 Å². The lowest BCUT2D eigenvalue weighted by Gasteiger charge is -2.22. The van der Waals surface area contributed by atoms with Gasteiger partial charge in [0, 0.05) is 12.6 Å². The van der Waals surface area contributed by atoms with E-state index in [0.29, 0.717) is 5.56 Å². The molecule has 2 rings (SSSR count). The highest BCUT2D eigenvalue weighted by Gasteiger charge is 2.41. The molecule has 0 spiro atoms. The van der Waals surface area contributed by atoms with Crippen molar-refractivity contribution in [1.82, 2.24) is 10.6 Å². The average Bonchev–Trinajstić information content (AvgIpc) is 2.70. The number of benzene rings is 1. The highest BCUT2D eigenvalue weighted by molar-refractivity contribution is 7.91. The molecule has 1 amide bonds. The van der Waals surface area contributed by atoms with E-state index in [-0.39, 0.29) is 23.9 Å². The third kappa shape index (κ3) is 5.46. The minimum atomic E-state index is -3.33. The number of rotatable bonds is 4. The van der Waals surface area contributed by atoms with Crippen molar-refractivity contribution in [3.8, 4) is 0 Å². The van der Waals surface area contributed by atoms with E-state index in [4.69, 9.17) is 34.8 Å². The quantitative estimate of drug-likeness (QED) is 0.748. The van der Waals surface area contributed by atoms with E-state index in [2.05, 4.69) is 10.6 Å². The number of carbonyl (C=O) groups excluding carboxylic acids is 1. The van der Waals surface area contributed by atoms with Gasteiger partial charge in [0.1, 0.15) is 5.82 Å². The maximum Gasteiger partial charge on any atom is 0.272 e. The maximum absolute atomic E-state index is 13.1. The predicted molar refractivity (Wildman–Crippen MR) is 87.9 cm³/mol. The summed E-state index contributed by atoms with van der Waals surface area (Å²) in [6.45, 7) is 0.248. The monoisotopic (exact) mass is 402 g/mol. The second kappa shape index (κ2) is 7.11. The number of halogens is 4. The van der Waals surface area contributed by atoms with Gasteiger partial charge >= 0.3 is 0 Å². The van der Waals surface area contributed by atoms with Crippen LogP contribution in [-0.2, 0) is 21.2 Å². The van der Waals surface area contributed by atoms with E-state index in [0.717, 1.165) is 0 Å². The second-order valence-corrected chi connectivity index (χ2v) is 9.71. The van der Waals surface area contributed by atoms with Crippen LogP contribution in [0.2, 0.25) is 0 Å². The number of carbonyl (C=O) groups is 1. The average molecular weight is 404 g/mol. The number of hydrogen-bond donors (Lipinski definition) is 2. The van der Waals surface area contributed by atoms with E-state index >= 15 is 0 Å². The summed E-state index contributed by atoms with van der Waals surface area (Å²) in [5.41, 5.74) is 0.653. The largest absolute Gasteiger partial charge is 0.347 e. The summed E-state index contributed by atoms with van der Waals surface area (Å²) in [5, 5.41) is 5.42. The van der Waals surface area contributed by atoms with E-state index < -0.39 is 31.6 Å². The molecular formula is C13H14Cl3FN2O3S. The molecule has 0 saturated carbocycles. The van der Waals surface area contributed by atoms with Crippen molar-refractivity contribution < 1.29 is 17.6 Å².